The topological polar surface area (TPSA) is 161 Å². The third-order valence-corrected chi connectivity index (χ3v) is 5.09. The molecule has 1 rings (SSSR count). The molecule has 39 heavy (non-hydrogen) atoms. The molecule has 0 fully saturated rings. The summed E-state index contributed by atoms with van der Waals surface area (Å²) in [6.07, 6.45) is -0.451. The highest BCUT2D eigenvalue weighted by Crippen LogP contribution is 2.32. The fraction of sp³-hybridized carbons (Fsp3) is 0.643. The van der Waals surface area contributed by atoms with E-state index in [0.29, 0.717) is 12.0 Å². The Bertz CT molecular complexity index is 1010. The van der Waals surface area contributed by atoms with Crippen molar-refractivity contribution < 1.29 is 48.0 Å². The number of carboxylic acids is 1. The zero-order valence-electron chi connectivity index (χ0n) is 24.3. The number of unbranched alkanes of at least 4 members (excludes halogenated alkanes) is 2. The molecule has 0 aliphatic carbocycles. The number of benzene rings is 1. The molecule has 0 aliphatic heterocycles. The van der Waals surface area contributed by atoms with Crippen LogP contribution in [0, 0.1) is 0 Å². The van der Waals surface area contributed by atoms with Crippen LogP contribution in [0.5, 0.6) is 11.5 Å². The number of carbonyl (C=O) groups is 4. The average molecular weight is 554 g/mol. The van der Waals surface area contributed by atoms with Gasteiger partial charge in [-0.3, -0.25) is 9.59 Å². The van der Waals surface area contributed by atoms with E-state index in [1.54, 1.807) is 48.5 Å². The van der Waals surface area contributed by atoms with Crippen molar-refractivity contribution in [3.63, 3.8) is 0 Å². The van der Waals surface area contributed by atoms with Crippen LogP contribution >= 0.6 is 0 Å². The van der Waals surface area contributed by atoms with Gasteiger partial charge in [-0.2, -0.15) is 0 Å². The lowest BCUT2D eigenvalue weighted by molar-refractivity contribution is -0.153. The predicted octanol–water partition coefficient (Wildman–Crippen LogP) is 5.54. The Morgan fingerprint density at radius 3 is 1.92 bits per heavy atom. The summed E-state index contributed by atoms with van der Waals surface area (Å²) in [4.78, 5) is 48.8. The van der Waals surface area contributed by atoms with Gasteiger partial charge in [0.05, 0.1) is 0 Å². The summed E-state index contributed by atoms with van der Waals surface area (Å²) in [5.41, 5.74) is 3.11. The van der Waals surface area contributed by atoms with Crippen molar-refractivity contribution in [3.05, 3.63) is 23.8 Å². The van der Waals surface area contributed by atoms with E-state index in [1.165, 1.54) is 18.2 Å². The summed E-state index contributed by atoms with van der Waals surface area (Å²) in [6, 6.07) is 4.14. The lowest BCUT2D eigenvalue weighted by Crippen LogP contribution is -2.52. The molecule has 0 aromatic heterocycles. The van der Waals surface area contributed by atoms with Crippen molar-refractivity contribution in [2.75, 3.05) is 0 Å². The minimum absolute atomic E-state index is 0.147. The summed E-state index contributed by atoms with van der Waals surface area (Å²) < 4.78 is 26.2. The van der Waals surface area contributed by atoms with Crippen LogP contribution in [0.3, 0.4) is 0 Å². The van der Waals surface area contributed by atoms with E-state index < -0.39 is 47.1 Å². The van der Waals surface area contributed by atoms with Crippen molar-refractivity contribution in [2.24, 2.45) is 5.73 Å². The second-order valence-corrected chi connectivity index (χ2v) is 11.5. The summed E-state index contributed by atoms with van der Waals surface area (Å²) in [6.45, 7) is 13.5. The van der Waals surface area contributed by atoms with E-state index in [1.807, 2.05) is 6.92 Å². The van der Waals surface area contributed by atoms with E-state index in [-0.39, 0.29) is 30.8 Å². The molecule has 11 nitrogen and oxygen atoms in total. The molecule has 0 heterocycles. The van der Waals surface area contributed by atoms with Crippen LogP contribution in [0.4, 0.5) is 9.59 Å². The summed E-state index contributed by atoms with van der Waals surface area (Å²) in [5.74, 6) is -2.07. The average Bonchev–Trinajstić information content (AvgIpc) is 2.72. The molecular formula is C28H43NO10. The van der Waals surface area contributed by atoms with Crippen molar-refractivity contribution in [1.29, 1.82) is 0 Å². The van der Waals surface area contributed by atoms with Crippen LogP contribution in [0.25, 0.3) is 0 Å². The normalized spacial score (nSPS) is 14.0. The number of rotatable bonds is 12. The third-order valence-electron chi connectivity index (χ3n) is 5.09. The molecule has 11 heteroatoms. The first-order chi connectivity index (χ1) is 17.8. The first-order valence-electron chi connectivity index (χ1n) is 13.0. The van der Waals surface area contributed by atoms with E-state index in [2.05, 4.69) is 0 Å². The molecule has 0 bridgehead atoms. The van der Waals surface area contributed by atoms with Gasteiger partial charge in [-0.05, 0) is 72.6 Å². The molecule has 2 atom stereocenters. The van der Waals surface area contributed by atoms with Crippen LogP contribution in [0.15, 0.2) is 18.2 Å². The smallest absolute Gasteiger partial charge is 0.480 e. The Morgan fingerprint density at radius 1 is 0.897 bits per heavy atom. The van der Waals surface area contributed by atoms with Crippen molar-refractivity contribution in [3.8, 4) is 11.5 Å². The van der Waals surface area contributed by atoms with E-state index in [0.717, 1.165) is 12.8 Å². The maximum Gasteiger partial charge on any atom is 0.514 e. The fourth-order valence-corrected chi connectivity index (χ4v) is 3.50. The van der Waals surface area contributed by atoms with Gasteiger partial charge in [-0.25, -0.2) is 9.59 Å². The van der Waals surface area contributed by atoms with E-state index >= 15 is 0 Å². The molecular weight excluding hydrogens is 510 g/mol. The Kier molecular flexibility index (Phi) is 12.2. The number of carboxylic acid groups (broad SMARTS) is 1. The molecule has 0 radical (unpaired) electrons. The highest BCUT2D eigenvalue weighted by molar-refractivity contribution is 5.79. The summed E-state index contributed by atoms with van der Waals surface area (Å²) >= 11 is 0. The quantitative estimate of drug-likeness (QED) is 0.145. The van der Waals surface area contributed by atoms with E-state index in [4.69, 9.17) is 29.4 Å². The number of aliphatic carboxylic acids is 1. The van der Waals surface area contributed by atoms with Gasteiger partial charge in [0, 0.05) is 19.3 Å². The Labute approximate surface area is 230 Å². The molecule has 0 saturated carbocycles. The minimum atomic E-state index is -1.82. The lowest BCUT2D eigenvalue weighted by Gasteiger charge is -2.28. The van der Waals surface area contributed by atoms with Crippen LogP contribution in [-0.4, -0.2) is 52.2 Å². The SMILES string of the molecule is CCCCCC(=O)O[C@@H](C)CC(N)(Cc1ccc(OC(=O)OC(C)(C)C)c(OC(=O)OC(C)(C)C)c1)C(=O)O. The van der Waals surface area contributed by atoms with Gasteiger partial charge in [0.25, 0.3) is 0 Å². The number of nitrogens with two attached hydrogens (primary N) is 1. The van der Waals surface area contributed by atoms with Gasteiger partial charge in [-0.15, -0.1) is 0 Å². The largest absolute Gasteiger partial charge is 0.514 e. The molecule has 0 spiro atoms. The van der Waals surface area contributed by atoms with Gasteiger partial charge in [0.15, 0.2) is 11.5 Å². The number of carbonyl (C=O) groups excluding carboxylic acids is 3. The molecule has 1 unspecified atom stereocenters. The molecule has 3 N–H and O–H groups in total. The van der Waals surface area contributed by atoms with Crippen LogP contribution in [0.1, 0.15) is 93.1 Å². The predicted molar refractivity (Wildman–Crippen MR) is 143 cm³/mol. The number of hydrogen-bond acceptors (Lipinski definition) is 10. The standard InChI is InChI=1S/C28H43NO10/c1-9-10-11-12-22(30)35-18(2)16-28(29,23(31)32)17-19-13-14-20(36-24(33)38-26(3,4)5)21(15-19)37-25(34)39-27(6,7)8/h13-15,18H,9-12,16-17,29H2,1-8H3,(H,31,32)/t18-,28?/m0/s1. The molecule has 0 saturated heterocycles. The number of hydrogen-bond donors (Lipinski definition) is 2. The monoisotopic (exact) mass is 553 g/mol. The molecule has 1 aromatic rings. The summed E-state index contributed by atoms with van der Waals surface area (Å²) in [7, 11) is 0. The van der Waals surface area contributed by atoms with Crippen molar-refractivity contribution in [1.82, 2.24) is 0 Å². The highest BCUT2D eigenvalue weighted by atomic mass is 16.8. The highest BCUT2D eigenvalue weighted by Gasteiger charge is 2.37. The number of ether oxygens (including phenoxy) is 5. The number of esters is 1. The van der Waals surface area contributed by atoms with E-state index in [9.17, 15) is 24.3 Å². The van der Waals surface area contributed by atoms with Gasteiger partial charge in [0.1, 0.15) is 22.8 Å². The fourth-order valence-electron chi connectivity index (χ4n) is 3.50. The Morgan fingerprint density at radius 2 is 1.44 bits per heavy atom. The van der Waals surface area contributed by atoms with Crippen LogP contribution < -0.4 is 15.2 Å². The van der Waals surface area contributed by atoms with Crippen LogP contribution in [-0.2, 0) is 30.2 Å². The first-order valence-corrected chi connectivity index (χ1v) is 13.0. The van der Waals surface area contributed by atoms with Gasteiger partial charge in [-0.1, -0.05) is 25.8 Å². The zero-order chi connectivity index (χ0) is 30.0. The molecule has 1 aromatic carbocycles. The van der Waals surface area contributed by atoms with Crippen molar-refractivity contribution >= 4 is 24.2 Å². The Balaban J connectivity index is 3.18. The molecule has 0 aliphatic rings. The van der Waals surface area contributed by atoms with Gasteiger partial charge >= 0.3 is 24.2 Å². The zero-order valence-corrected chi connectivity index (χ0v) is 24.3. The maximum absolute atomic E-state index is 12.4. The molecule has 0 amide bonds. The van der Waals surface area contributed by atoms with Gasteiger partial charge in [0.2, 0.25) is 0 Å². The van der Waals surface area contributed by atoms with Gasteiger partial charge < -0.3 is 34.5 Å². The second kappa shape index (κ2) is 14.2. The summed E-state index contributed by atoms with van der Waals surface area (Å²) in [5, 5.41) is 9.92. The van der Waals surface area contributed by atoms with Crippen LogP contribution in [0.2, 0.25) is 0 Å². The lowest BCUT2D eigenvalue weighted by atomic mass is 9.86. The second-order valence-electron chi connectivity index (χ2n) is 11.5. The molecule has 220 valence electrons. The minimum Gasteiger partial charge on any atom is -0.480 e. The maximum atomic E-state index is 12.4. The Hall–Kier alpha value is -3.34. The third kappa shape index (κ3) is 13.3. The first kappa shape index (κ1) is 33.7. The van der Waals surface area contributed by atoms with Crippen molar-refractivity contribution in [2.45, 2.75) is 117 Å².